The van der Waals surface area contributed by atoms with Gasteiger partial charge in [-0.2, -0.15) is 0 Å². The van der Waals surface area contributed by atoms with Gasteiger partial charge in [-0.25, -0.2) is 4.98 Å². The van der Waals surface area contributed by atoms with E-state index >= 15 is 0 Å². The zero-order chi connectivity index (χ0) is 12.8. The maximum atomic E-state index is 11.8. The van der Waals surface area contributed by atoms with Crippen LogP contribution in [-0.4, -0.2) is 48.6 Å². The van der Waals surface area contributed by atoms with E-state index in [9.17, 15) is 4.79 Å². The third kappa shape index (κ3) is 3.76. The zero-order valence-corrected chi connectivity index (χ0v) is 11.5. The van der Waals surface area contributed by atoms with Crippen molar-refractivity contribution in [2.75, 3.05) is 32.8 Å². The number of carbonyl (C=O) groups is 1. The number of nitrogens with zero attached hydrogens (tertiary/aromatic N) is 2. The Labute approximate surface area is 111 Å². The lowest BCUT2D eigenvalue weighted by Gasteiger charge is -2.26. The number of aromatic nitrogens is 1. The fourth-order valence-corrected chi connectivity index (χ4v) is 2.61. The summed E-state index contributed by atoms with van der Waals surface area (Å²) in [4.78, 5) is 19.2. The van der Waals surface area contributed by atoms with Crippen LogP contribution in [0.25, 0.3) is 0 Å². The Balaban J connectivity index is 1.63. The number of hydrogen-bond donors (Lipinski definition) is 1. The van der Waals surface area contributed by atoms with Crippen molar-refractivity contribution in [3.63, 3.8) is 0 Å². The Morgan fingerprint density at radius 2 is 2.33 bits per heavy atom. The Kier molecular flexibility index (Phi) is 5.10. The molecule has 1 aliphatic rings. The Bertz CT molecular complexity index is 388. The number of nitrogens with one attached hydrogen (secondary N) is 1. The van der Waals surface area contributed by atoms with E-state index in [4.69, 9.17) is 4.74 Å². The molecule has 0 aliphatic carbocycles. The third-order valence-electron chi connectivity index (χ3n) is 3.01. The Morgan fingerprint density at radius 3 is 3.00 bits per heavy atom. The lowest BCUT2D eigenvalue weighted by Crippen LogP contribution is -2.41. The zero-order valence-electron chi connectivity index (χ0n) is 10.6. The maximum Gasteiger partial charge on any atom is 0.224 e. The average molecular weight is 269 g/mol. The Hall–Kier alpha value is -0.980. The topological polar surface area (TPSA) is 54.5 Å². The van der Waals surface area contributed by atoms with Gasteiger partial charge in [-0.15, -0.1) is 11.3 Å². The minimum atomic E-state index is 0.215. The summed E-state index contributed by atoms with van der Waals surface area (Å²) < 4.78 is 5.22. The number of morpholine rings is 1. The number of thiazole rings is 1. The van der Waals surface area contributed by atoms with Crippen LogP contribution >= 0.6 is 11.3 Å². The van der Waals surface area contributed by atoms with Crippen LogP contribution < -0.4 is 5.32 Å². The molecule has 100 valence electrons. The van der Waals surface area contributed by atoms with Crippen molar-refractivity contribution < 1.29 is 9.53 Å². The molecule has 0 radical (unpaired) electrons. The molecule has 1 saturated heterocycles. The molecule has 1 aliphatic heterocycles. The predicted octanol–water partition coefficient (Wildman–Crippen LogP) is 0.790. The van der Waals surface area contributed by atoms with Gasteiger partial charge in [0, 0.05) is 37.5 Å². The van der Waals surface area contributed by atoms with Crippen LogP contribution in [0.1, 0.15) is 17.0 Å². The number of rotatable bonds is 5. The molecule has 0 aromatic carbocycles. The van der Waals surface area contributed by atoms with E-state index in [0.717, 1.165) is 25.3 Å². The van der Waals surface area contributed by atoms with Gasteiger partial charge < -0.3 is 15.0 Å². The molecule has 2 heterocycles. The summed E-state index contributed by atoms with van der Waals surface area (Å²) in [7, 11) is 0. The van der Waals surface area contributed by atoms with E-state index < -0.39 is 0 Å². The molecule has 0 atom stereocenters. The Morgan fingerprint density at radius 1 is 1.56 bits per heavy atom. The van der Waals surface area contributed by atoms with Crippen LogP contribution in [0.3, 0.4) is 0 Å². The molecule has 0 spiro atoms. The van der Waals surface area contributed by atoms with Crippen LogP contribution in [0.15, 0.2) is 5.51 Å². The van der Waals surface area contributed by atoms with Gasteiger partial charge in [-0.1, -0.05) is 0 Å². The highest BCUT2D eigenvalue weighted by Gasteiger charge is 2.15. The monoisotopic (exact) mass is 269 g/mol. The molecule has 1 aromatic heterocycles. The van der Waals surface area contributed by atoms with Crippen molar-refractivity contribution >= 4 is 17.2 Å². The van der Waals surface area contributed by atoms with Crippen LogP contribution in [0.5, 0.6) is 0 Å². The number of hydrogen-bond acceptors (Lipinski definition) is 5. The van der Waals surface area contributed by atoms with Gasteiger partial charge in [0.1, 0.15) is 0 Å². The quantitative estimate of drug-likeness (QED) is 0.803. The average Bonchev–Trinajstić information content (AvgIpc) is 2.81. The fourth-order valence-electron chi connectivity index (χ4n) is 1.86. The van der Waals surface area contributed by atoms with Crippen LogP contribution in [0.4, 0.5) is 0 Å². The smallest absolute Gasteiger partial charge is 0.224 e. The summed E-state index contributed by atoms with van der Waals surface area (Å²) in [6.07, 6.45) is 0.553. The molecular formula is C12H19N3O2S. The summed E-state index contributed by atoms with van der Waals surface area (Å²) in [5, 5.41) is 3.29. The molecular weight excluding hydrogens is 250 g/mol. The first-order chi connectivity index (χ1) is 8.77. The molecule has 1 fully saturated rings. The van der Waals surface area contributed by atoms with E-state index in [-0.39, 0.29) is 5.91 Å². The van der Waals surface area contributed by atoms with Gasteiger partial charge in [0.05, 0.1) is 24.4 Å². The van der Waals surface area contributed by atoms with Crippen molar-refractivity contribution in [3.05, 3.63) is 16.1 Å². The SMILES string of the molecule is Cc1ncsc1CNCCC(=O)N1CCOCC1. The van der Waals surface area contributed by atoms with E-state index in [1.807, 2.05) is 17.3 Å². The fraction of sp³-hybridized carbons (Fsp3) is 0.667. The highest BCUT2D eigenvalue weighted by atomic mass is 32.1. The number of amides is 1. The van der Waals surface area contributed by atoms with Crippen molar-refractivity contribution in [2.24, 2.45) is 0 Å². The first kappa shape index (κ1) is 13.5. The standard InChI is InChI=1S/C12H19N3O2S/c1-10-11(18-9-14-10)8-13-3-2-12(16)15-4-6-17-7-5-15/h9,13H,2-8H2,1H3. The number of aryl methyl sites for hydroxylation is 1. The molecule has 18 heavy (non-hydrogen) atoms. The van der Waals surface area contributed by atoms with E-state index in [0.29, 0.717) is 26.2 Å². The van der Waals surface area contributed by atoms with Crippen LogP contribution in [-0.2, 0) is 16.1 Å². The summed E-state index contributed by atoms with van der Waals surface area (Å²) in [5.74, 6) is 0.215. The largest absolute Gasteiger partial charge is 0.378 e. The molecule has 0 saturated carbocycles. The van der Waals surface area contributed by atoms with Crippen LogP contribution in [0, 0.1) is 6.92 Å². The van der Waals surface area contributed by atoms with E-state index in [1.165, 1.54) is 4.88 Å². The molecule has 0 unspecified atom stereocenters. The highest BCUT2D eigenvalue weighted by molar-refractivity contribution is 7.09. The van der Waals surface area contributed by atoms with Gasteiger partial charge in [-0.3, -0.25) is 4.79 Å². The minimum Gasteiger partial charge on any atom is -0.378 e. The summed E-state index contributed by atoms with van der Waals surface area (Å²) >= 11 is 1.65. The van der Waals surface area contributed by atoms with Crippen molar-refractivity contribution in [2.45, 2.75) is 19.9 Å². The van der Waals surface area contributed by atoms with E-state index in [1.54, 1.807) is 11.3 Å². The third-order valence-corrected chi connectivity index (χ3v) is 3.94. The maximum absolute atomic E-state index is 11.8. The van der Waals surface area contributed by atoms with E-state index in [2.05, 4.69) is 10.3 Å². The van der Waals surface area contributed by atoms with Crippen LogP contribution in [0.2, 0.25) is 0 Å². The molecule has 1 N–H and O–H groups in total. The lowest BCUT2D eigenvalue weighted by molar-refractivity contribution is -0.135. The van der Waals surface area contributed by atoms with Gasteiger partial charge in [0.2, 0.25) is 5.91 Å². The number of ether oxygens (including phenoxy) is 1. The molecule has 2 rings (SSSR count). The van der Waals surface area contributed by atoms with Gasteiger partial charge >= 0.3 is 0 Å². The molecule has 0 bridgehead atoms. The first-order valence-corrected chi connectivity index (χ1v) is 7.10. The number of carbonyl (C=O) groups excluding carboxylic acids is 1. The normalized spacial score (nSPS) is 15.9. The molecule has 1 amide bonds. The molecule has 5 nitrogen and oxygen atoms in total. The first-order valence-electron chi connectivity index (χ1n) is 6.22. The van der Waals surface area contributed by atoms with Gasteiger partial charge in [-0.05, 0) is 6.92 Å². The van der Waals surface area contributed by atoms with Gasteiger partial charge in [0.25, 0.3) is 0 Å². The van der Waals surface area contributed by atoms with Gasteiger partial charge in [0.15, 0.2) is 0 Å². The second-order valence-electron chi connectivity index (χ2n) is 4.28. The lowest BCUT2D eigenvalue weighted by atomic mass is 10.3. The molecule has 6 heteroatoms. The second-order valence-corrected chi connectivity index (χ2v) is 5.22. The predicted molar refractivity (Wildman–Crippen MR) is 70.6 cm³/mol. The summed E-state index contributed by atoms with van der Waals surface area (Å²) in [6, 6.07) is 0. The van der Waals surface area contributed by atoms with Crippen molar-refractivity contribution in [1.29, 1.82) is 0 Å². The summed E-state index contributed by atoms with van der Waals surface area (Å²) in [6.45, 7) is 6.31. The molecule has 1 aromatic rings. The summed E-state index contributed by atoms with van der Waals surface area (Å²) in [5.41, 5.74) is 2.93. The minimum absolute atomic E-state index is 0.215. The van der Waals surface area contributed by atoms with Crippen molar-refractivity contribution in [3.8, 4) is 0 Å². The second kappa shape index (κ2) is 6.82. The highest BCUT2D eigenvalue weighted by Crippen LogP contribution is 2.11. The van der Waals surface area contributed by atoms with Crippen molar-refractivity contribution in [1.82, 2.24) is 15.2 Å².